The molecule has 1 aliphatic rings. The third-order valence-corrected chi connectivity index (χ3v) is 8.33. The molecule has 8 heteroatoms. The number of rotatable bonds is 7. The molecule has 0 aromatic carbocycles. The van der Waals surface area contributed by atoms with E-state index in [9.17, 15) is 14.7 Å². The first-order valence-corrected chi connectivity index (χ1v) is 12.5. The Hall–Kier alpha value is -1.67. The minimum absolute atomic E-state index is 0.0621. The number of amides is 3. The molecule has 0 bridgehead atoms. The fourth-order valence-electron chi connectivity index (χ4n) is 4.14. The molecule has 1 heterocycles. The molecule has 1 aromatic heterocycles. The molecule has 3 atom stereocenters. The lowest BCUT2D eigenvalue weighted by Crippen LogP contribution is -2.52. The standard InChI is InChI=1S/C24H42N4O3S/c1-9-10-11-17-15-28(22(3,4)5)32-19(17)27-20(30)24(8)13-12-18(23(24,6)7)26-21(31)25-14-16(2)29/h15-16,18,29H,9-14H2,1-8H3,(H2,25,26,31)/t16-,18?,24?/m1/s1. The predicted octanol–water partition coefficient (Wildman–Crippen LogP) is 3.95. The summed E-state index contributed by atoms with van der Waals surface area (Å²) in [5.41, 5.74) is -0.0654. The molecule has 0 saturated heterocycles. The highest BCUT2D eigenvalue weighted by Gasteiger charge is 2.56. The molecule has 2 unspecified atom stereocenters. The molecule has 7 nitrogen and oxygen atoms in total. The Morgan fingerprint density at radius 3 is 2.56 bits per heavy atom. The summed E-state index contributed by atoms with van der Waals surface area (Å²) in [5.74, 6) is -0.114. The van der Waals surface area contributed by atoms with Crippen molar-refractivity contribution in [2.75, 3.05) is 6.54 Å². The van der Waals surface area contributed by atoms with Gasteiger partial charge in [-0.3, -0.25) is 8.75 Å². The van der Waals surface area contributed by atoms with E-state index in [0.717, 1.165) is 29.5 Å². The molecule has 3 N–H and O–H groups in total. The third-order valence-electron chi connectivity index (χ3n) is 6.96. The van der Waals surface area contributed by atoms with Gasteiger partial charge in [-0.2, -0.15) is 0 Å². The van der Waals surface area contributed by atoms with E-state index in [4.69, 9.17) is 0 Å². The topological polar surface area (TPSA) is 95.7 Å². The van der Waals surface area contributed by atoms with Crippen LogP contribution in [-0.4, -0.2) is 39.7 Å². The molecule has 0 spiro atoms. The summed E-state index contributed by atoms with van der Waals surface area (Å²) in [6.07, 6.45) is 5.98. The zero-order valence-electron chi connectivity index (χ0n) is 21.0. The van der Waals surface area contributed by atoms with Gasteiger partial charge in [-0.1, -0.05) is 34.1 Å². The second-order valence-corrected chi connectivity index (χ2v) is 11.9. The normalized spacial score (nSPS) is 24.4. The Kier molecular flexibility index (Phi) is 8.37. The molecular weight excluding hydrogens is 424 g/mol. The van der Waals surface area contributed by atoms with Crippen LogP contribution in [0.4, 0.5) is 4.79 Å². The summed E-state index contributed by atoms with van der Waals surface area (Å²) < 4.78 is 2.99. The predicted molar refractivity (Wildman–Crippen MR) is 130 cm³/mol. The second kappa shape index (κ2) is 10.1. The minimum atomic E-state index is -0.673. The summed E-state index contributed by atoms with van der Waals surface area (Å²) >= 11 is 1.55. The van der Waals surface area contributed by atoms with Gasteiger partial charge in [0.15, 0.2) is 0 Å². The lowest BCUT2D eigenvalue weighted by molar-refractivity contribution is -0.131. The van der Waals surface area contributed by atoms with Gasteiger partial charge in [0.1, 0.15) is 4.67 Å². The maximum Gasteiger partial charge on any atom is 0.315 e. The Labute approximate surface area is 196 Å². The quantitative estimate of drug-likeness (QED) is 0.568. The van der Waals surface area contributed by atoms with Crippen LogP contribution in [0.3, 0.4) is 0 Å². The van der Waals surface area contributed by atoms with Crippen molar-refractivity contribution in [1.82, 2.24) is 14.6 Å². The van der Waals surface area contributed by atoms with E-state index in [2.05, 4.69) is 53.5 Å². The first-order chi connectivity index (χ1) is 14.7. The number of aryl methyl sites for hydroxylation is 1. The number of hydrogen-bond donors (Lipinski definition) is 3. The summed E-state index contributed by atoms with van der Waals surface area (Å²) in [6, 6.07) is -0.466. The molecule has 1 aromatic rings. The fraction of sp³-hybridized carbons (Fsp3) is 0.792. The molecule has 1 fully saturated rings. The average Bonchev–Trinajstić information content (AvgIpc) is 3.19. The zero-order valence-corrected chi connectivity index (χ0v) is 21.9. The van der Waals surface area contributed by atoms with Crippen molar-refractivity contribution in [1.29, 1.82) is 0 Å². The SMILES string of the molecule is CCCCc1cn(C(C)(C)C)sc1=NC(=O)C1(C)CCC(NC(=O)NC[C@@H](C)O)C1(C)C. The number of nitrogens with zero attached hydrogens (tertiary/aromatic N) is 2. The smallest absolute Gasteiger partial charge is 0.315 e. The third kappa shape index (κ3) is 5.81. The van der Waals surface area contributed by atoms with Crippen molar-refractivity contribution < 1.29 is 14.7 Å². The maximum absolute atomic E-state index is 13.6. The van der Waals surface area contributed by atoms with Gasteiger partial charge in [-0.15, -0.1) is 0 Å². The van der Waals surface area contributed by atoms with Crippen LogP contribution < -0.4 is 15.3 Å². The Bertz CT molecular complexity index is 879. The Morgan fingerprint density at radius 1 is 1.34 bits per heavy atom. The molecule has 3 amide bonds. The molecule has 0 radical (unpaired) electrons. The number of hydrogen-bond acceptors (Lipinski definition) is 4. The number of unbranched alkanes of at least 4 members (excludes halogenated alkanes) is 1. The summed E-state index contributed by atoms with van der Waals surface area (Å²) in [4.78, 5) is 30.5. The van der Waals surface area contributed by atoms with Crippen LogP contribution in [0.5, 0.6) is 0 Å². The average molecular weight is 467 g/mol. The Balaban J connectivity index is 2.29. The van der Waals surface area contributed by atoms with Crippen molar-refractivity contribution in [2.45, 2.75) is 105 Å². The summed E-state index contributed by atoms with van der Waals surface area (Å²) in [6.45, 7) is 16.5. The number of aliphatic hydroxyl groups excluding tert-OH is 1. The van der Waals surface area contributed by atoms with Crippen LogP contribution in [0.2, 0.25) is 0 Å². The van der Waals surface area contributed by atoms with E-state index in [-0.39, 0.29) is 30.1 Å². The number of urea groups is 1. The second-order valence-electron chi connectivity index (χ2n) is 10.9. The molecule has 32 heavy (non-hydrogen) atoms. The van der Waals surface area contributed by atoms with Gasteiger partial charge in [0.05, 0.1) is 11.5 Å². The molecular formula is C24H42N4O3S. The largest absolute Gasteiger partial charge is 0.392 e. The highest BCUT2D eigenvalue weighted by Crippen LogP contribution is 2.53. The van der Waals surface area contributed by atoms with Crippen LogP contribution >= 0.6 is 11.5 Å². The first kappa shape index (κ1) is 26.6. The van der Waals surface area contributed by atoms with Gasteiger partial charge in [0, 0.05) is 29.9 Å². The van der Waals surface area contributed by atoms with Crippen LogP contribution in [0.25, 0.3) is 0 Å². The van der Waals surface area contributed by atoms with Crippen molar-refractivity contribution >= 4 is 23.5 Å². The highest BCUT2D eigenvalue weighted by molar-refractivity contribution is 7.04. The number of nitrogens with one attached hydrogen (secondary N) is 2. The Morgan fingerprint density at radius 2 is 2.00 bits per heavy atom. The first-order valence-electron chi connectivity index (χ1n) is 11.8. The summed E-state index contributed by atoms with van der Waals surface area (Å²) in [5, 5.41) is 15.1. The number of carbonyl (C=O) groups excluding carboxylic acids is 2. The molecule has 1 aliphatic carbocycles. The number of carbonyl (C=O) groups is 2. The molecule has 2 rings (SSSR count). The lowest BCUT2D eigenvalue weighted by Gasteiger charge is -2.39. The van der Waals surface area contributed by atoms with E-state index in [1.54, 1.807) is 18.5 Å². The monoisotopic (exact) mass is 466 g/mol. The van der Waals surface area contributed by atoms with Crippen molar-refractivity contribution in [3.8, 4) is 0 Å². The zero-order chi connectivity index (χ0) is 24.3. The van der Waals surface area contributed by atoms with E-state index in [1.165, 1.54) is 0 Å². The number of aromatic nitrogens is 1. The molecule has 0 aliphatic heterocycles. The van der Waals surface area contributed by atoms with E-state index < -0.39 is 16.9 Å². The van der Waals surface area contributed by atoms with Gasteiger partial charge >= 0.3 is 6.03 Å². The van der Waals surface area contributed by atoms with Gasteiger partial charge < -0.3 is 15.7 Å². The van der Waals surface area contributed by atoms with Gasteiger partial charge in [0.25, 0.3) is 5.91 Å². The molecule has 1 saturated carbocycles. The van der Waals surface area contributed by atoms with Crippen molar-refractivity contribution in [3.63, 3.8) is 0 Å². The van der Waals surface area contributed by atoms with Crippen LogP contribution in [0.1, 0.15) is 86.6 Å². The summed E-state index contributed by atoms with van der Waals surface area (Å²) in [7, 11) is 0. The highest BCUT2D eigenvalue weighted by atomic mass is 32.1. The minimum Gasteiger partial charge on any atom is -0.392 e. The maximum atomic E-state index is 13.6. The molecule has 182 valence electrons. The van der Waals surface area contributed by atoms with Gasteiger partial charge in [-0.25, -0.2) is 9.79 Å². The van der Waals surface area contributed by atoms with Gasteiger partial charge in [0.2, 0.25) is 0 Å². The van der Waals surface area contributed by atoms with Crippen LogP contribution in [0, 0.1) is 10.8 Å². The van der Waals surface area contributed by atoms with Crippen LogP contribution in [-0.2, 0) is 16.8 Å². The van der Waals surface area contributed by atoms with E-state index in [1.807, 2.05) is 20.8 Å². The van der Waals surface area contributed by atoms with Crippen LogP contribution in [0.15, 0.2) is 11.2 Å². The lowest BCUT2D eigenvalue weighted by atomic mass is 9.67. The number of aliphatic hydroxyl groups is 1. The van der Waals surface area contributed by atoms with E-state index >= 15 is 0 Å². The van der Waals surface area contributed by atoms with Crippen molar-refractivity contribution in [2.24, 2.45) is 15.8 Å². The van der Waals surface area contributed by atoms with Crippen molar-refractivity contribution in [3.05, 3.63) is 16.4 Å². The fourth-order valence-corrected chi connectivity index (χ4v) is 5.17. The van der Waals surface area contributed by atoms with Gasteiger partial charge in [-0.05, 0) is 70.3 Å². The van der Waals surface area contributed by atoms with E-state index in [0.29, 0.717) is 12.8 Å².